The van der Waals surface area contributed by atoms with E-state index >= 15 is 0 Å². The zero-order valence-corrected chi connectivity index (χ0v) is 15.1. The summed E-state index contributed by atoms with van der Waals surface area (Å²) >= 11 is 1.58. The molecule has 140 valence electrons. The van der Waals surface area contributed by atoms with Crippen molar-refractivity contribution in [1.29, 1.82) is 0 Å². The highest BCUT2D eigenvalue weighted by Gasteiger charge is 2.50. The van der Waals surface area contributed by atoms with E-state index in [-0.39, 0.29) is 24.0 Å². The Hall–Kier alpha value is -2.78. The molecule has 27 heavy (non-hydrogen) atoms. The van der Waals surface area contributed by atoms with Crippen LogP contribution in [0.5, 0.6) is 0 Å². The molecule has 3 N–H and O–H groups in total. The number of piperidine rings is 1. The standard InChI is InChI=1S/C18H17N3O5S/c22-16(23)1-2-17(24)26-14-9-21-7-11(14)13(8-21)20-18(25)12-5-10-3-4-27-15(10)6-19-12/h1-6,11,13-14H,7-9H2,(H,20,25)(H,22,23)/p+1/b2-1+. The molecule has 2 aliphatic heterocycles. The van der Waals surface area contributed by atoms with Crippen molar-refractivity contribution >= 4 is 39.3 Å². The zero-order valence-electron chi connectivity index (χ0n) is 14.2. The Labute approximate surface area is 158 Å². The Kier molecular flexibility index (Phi) is 4.63. The molecule has 2 aromatic heterocycles. The van der Waals surface area contributed by atoms with E-state index < -0.39 is 11.9 Å². The summed E-state index contributed by atoms with van der Waals surface area (Å²) in [6.45, 7) is 2.09. The number of ether oxygens (including phenoxy) is 1. The molecule has 0 aromatic carbocycles. The fourth-order valence-corrected chi connectivity index (χ4v) is 4.42. The maximum absolute atomic E-state index is 12.6. The first-order chi connectivity index (χ1) is 13.0. The van der Waals surface area contributed by atoms with Crippen LogP contribution >= 0.6 is 11.3 Å². The Morgan fingerprint density at radius 2 is 2.22 bits per heavy atom. The van der Waals surface area contributed by atoms with Crippen molar-refractivity contribution in [2.24, 2.45) is 5.92 Å². The SMILES string of the molecule is O=C(O)/C=C/C(=[OH+])OC1CN2CC(NC(=O)c3cc4ccsc4cn3)C1C2. The Morgan fingerprint density at radius 1 is 1.37 bits per heavy atom. The van der Waals surface area contributed by atoms with Gasteiger partial charge in [-0.05, 0) is 22.9 Å². The summed E-state index contributed by atoms with van der Waals surface area (Å²) in [5.41, 5.74) is 0.370. The average Bonchev–Trinajstić information content (AvgIpc) is 3.34. The number of carbonyl (C=O) groups excluding carboxylic acids is 2. The molecule has 0 saturated carbocycles. The molecule has 4 heterocycles. The number of nitrogens with zero attached hydrogens (tertiary/aromatic N) is 2. The van der Waals surface area contributed by atoms with E-state index in [0.29, 0.717) is 18.8 Å². The molecular weight excluding hydrogens is 370 g/mol. The van der Waals surface area contributed by atoms with Gasteiger partial charge >= 0.3 is 11.9 Å². The van der Waals surface area contributed by atoms with Gasteiger partial charge in [0, 0.05) is 25.4 Å². The molecule has 1 amide bonds. The summed E-state index contributed by atoms with van der Waals surface area (Å²) in [5, 5.41) is 14.6. The number of aliphatic carboxylic acids is 1. The minimum atomic E-state index is -1.16. The molecule has 2 aromatic rings. The number of carbonyl (C=O) groups is 2. The first kappa shape index (κ1) is 17.6. The van der Waals surface area contributed by atoms with Gasteiger partial charge in [-0.2, -0.15) is 0 Å². The Morgan fingerprint density at radius 3 is 3.00 bits per heavy atom. The normalized spacial score (nSPS) is 26.5. The number of hydrogen-bond acceptors (Lipinski definition) is 6. The van der Waals surface area contributed by atoms with Crippen molar-refractivity contribution in [3.63, 3.8) is 0 Å². The van der Waals surface area contributed by atoms with E-state index in [4.69, 9.17) is 9.84 Å². The molecule has 4 unspecified atom stereocenters. The average molecular weight is 388 g/mol. The highest BCUT2D eigenvalue weighted by Crippen LogP contribution is 2.31. The molecule has 0 radical (unpaired) electrons. The third-order valence-electron chi connectivity index (χ3n) is 4.89. The number of amides is 1. The maximum atomic E-state index is 12.6. The van der Waals surface area contributed by atoms with Crippen molar-refractivity contribution in [1.82, 2.24) is 15.2 Å². The molecule has 4 rings (SSSR count). The van der Waals surface area contributed by atoms with Gasteiger partial charge in [-0.25, -0.2) is 9.78 Å². The molecule has 9 heteroatoms. The van der Waals surface area contributed by atoms with Gasteiger partial charge in [0.1, 0.15) is 5.69 Å². The van der Waals surface area contributed by atoms with Crippen LogP contribution in [0.2, 0.25) is 0 Å². The van der Waals surface area contributed by atoms with E-state index in [0.717, 1.165) is 28.8 Å². The van der Waals surface area contributed by atoms with Crippen molar-refractivity contribution in [2.45, 2.75) is 12.1 Å². The van der Waals surface area contributed by atoms with E-state index in [1.807, 2.05) is 11.4 Å². The molecular formula is C18H18N3O5S+. The highest BCUT2D eigenvalue weighted by atomic mass is 32.1. The first-order valence-electron chi connectivity index (χ1n) is 8.49. The van der Waals surface area contributed by atoms with Gasteiger partial charge in [-0.15, -0.1) is 11.3 Å². The number of carboxylic acids is 1. The van der Waals surface area contributed by atoms with Gasteiger partial charge in [0.2, 0.25) is 6.10 Å². The number of esters is 1. The van der Waals surface area contributed by atoms with Crippen molar-refractivity contribution in [2.75, 3.05) is 19.6 Å². The second-order valence-electron chi connectivity index (χ2n) is 6.66. The van der Waals surface area contributed by atoms with Gasteiger partial charge in [-0.1, -0.05) is 0 Å². The number of rotatable bonds is 5. The maximum Gasteiger partial charge on any atom is 0.510 e. The lowest BCUT2D eigenvalue weighted by Gasteiger charge is -2.26. The fourth-order valence-electron chi connectivity index (χ4n) is 3.68. The van der Waals surface area contributed by atoms with Gasteiger partial charge < -0.3 is 20.0 Å². The quantitative estimate of drug-likeness (QED) is 0.446. The van der Waals surface area contributed by atoms with E-state index in [1.54, 1.807) is 23.6 Å². The topological polar surface area (TPSA) is 113 Å². The van der Waals surface area contributed by atoms with Crippen molar-refractivity contribution < 1.29 is 24.2 Å². The molecule has 0 spiro atoms. The van der Waals surface area contributed by atoms with E-state index in [1.165, 1.54) is 0 Å². The highest BCUT2D eigenvalue weighted by molar-refractivity contribution is 7.17. The zero-order chi connectivity index (χ0) is 19.0. The van der Waals surface area contributed by atoms with Crippen LogP contribution < -0.4 is 5.32 Å². The molecule has 8 nitrogen and oxygen atoms in total. The van der Waals surface area contributed by atoms with Crippen LogP contribution in [0.1, 0.15) is 10.5 Å². The number of hydrogen-bond donors (Lipinski definition) is 2. The largest absolute Gasteiger partial charge is 0.510 e. The fraction of sp³-hybridized carbons (Fsp3) is 0.333. The van der Waals surface area contributed by atoms with Crippen LogP contribution in [0.3, 0.4) is 0 Å². The number of thiophene rings is 1. The lowest BCUT2D eigenvalue weighted by molar-refractivity contribution is -0.131. The lowest BCUT2D eigenvalue weighted by atomic mass is 9.96. The van der Waals surface area contributed by atoms with Crippen LogP contribution in [0.4, 0.5) is 0 Å². The number of aromatic nitrogens is 1. The minimum absolute atomic E-state index is 0.0132. The van der Waals surface area contributed by atoms with Crippen LogP contribution in [0.15, 0.2) is 35.9 Å². The van der Waals surface area contributed by atoms with Crippen LogP contribution in [-0.2, 0) is 9.53 Å². The second-order valence-corrected chi connectivity index (χ2v) is 7.60. The number of pyridine rings is 1. The third-order valence-corrected chi connectivity index (χ3v) is 5.75. The predicted molar refractivity (Wildman–Crippen MR) is 99.4 cm³/mol. The molecule has 2 fully saturated rings. The predicted octanol–water partition coefficient (Wildman–Crippen LogP) is 0.869. The van der Waals surface area contributed by atoms with Crippen LogP contribution in [-0.4, -0.2) is 69.4 Å². The molecule has 2 aliphatic rings. The Balaban J connectivity index is 1.40. The minimum Gasteiger partial charge on any atom is -0.478 e. The molecule has 2 saturated heterocycles. The smallest absolute Gasteiger partial charge is 0.478 e. The summed E-state index contributed by atoms with van der Waals surface area (Å²) in [6, 6.07) is 3.61. The number of nitrogens with one attached hydrogen (secondary N) is 1. The van der Waals surface area contributed by atoms with Gasteiger partial charge in [0.25, 0.3) is 5.91 Å². The molecule has 2 bridgehead atoms. The number of fused-ring (bicyclic) bond motifs is 3. The van der Waals surface area contributed by atoms with Crippen LogP contribution in [0, 0.1) is 5.92 Å². The van der Waals surface area contributed by atoms with Gasteiger partial charge in [0.05, 0.1) is 29.3 Å². The summed E-state index contributed by atoms with van der Waals surface area (Å²) in [7, 11) is 0. The summed E-state index contributed by atoms with van der Waals surface area (Å²) < 4.78 is 6.51. The Bertz CT molecular complexity index is 940. The van der Waals surface area contributed by atoms with Crippen molar-refractivity contribution in [3.8, 4) is 0 Å². The number of carboxylic acid groups (broad SMARTS) is 1. The van der Waals surface area contributed by atoms with Crippen LogP contribution in [0.25, 0.3) is 10.1 Å². The van der Waals surface area contributed by atoms with Gasteiger partial charge in [-0.3, -0.25) is 9.69 Å². The third kappa shape index (κ3) is 3.69. The van der Waals surface area contributed by atoms with E-state index in [2.05, 4.69) is 15.2 Å². The van der Waals surface area contributed by atoms with Crippen molar-refractivity contribution in [3.05, 3.63) is 41.6 Å². The second kappa shape index (κ2) is 7.09. The summed E-state index contributed by atoms with van der Waals surface area (Å²) in [4.78, 5) is 39.2. The first-order valence-corrected chi connectivity index (χ1v) is 9.37. The summed E-state index contributed by atoms with van der Waals surface area (Å²) in [6.07, 6.45) is 3.22. The van der Waals surface area contributed by atoms with E-state index in [9.17, 15) is 14.4 Å². The van der Waals surface area contributed by atoms with Gasteiger partial charge in [0.15, 0.2) is 0 Å². The molecule has 4 atom stereocenters. The molecule has 0 aliphatic carbocycles. The lowest BCUT2D eigenvalue weighted by Crippen LogP contribution is -2.49. The monoisotopic (exact) mass is 388 g/mol. The summed E-state index contributed by atoms with van der Waals surface area (Å²) in [5.74, 6) is -1.83.